The molecule has 0 aliphatic carbocycles. The van der Waals surface area contributed by atoms with Crippen LogP contribution < -0.4 is 35.2 Å². The maximum Gasteiger partial charge on any atom is 0.317 e. The second kappa shape index (κ2) is 16.4. The lowest BCUT2D eigenvalue weighted by molar-refractivity contribution is -0.291. The van der Waals surface area contributed by atoms with Gasteiger partial charge in [0, 0.05) is 54.1 Å². The highest BCUT2D eigenvalue weighted by molar-refractivity contribution is 5.90. The van der Waals surface area contributed by atoms with Crippen molar-refractivity contribution in [2.24, 2.45) is 11.5 Å². The lowest BCUT2D eigenvalue weighted by Gasteiger charge is -2.43. The summed E-state index contributed by atoms with van der Waals surface area (Å²) in [5.41, 5.74) is 15.9. The number of hydrogen-bond acceptors (Lipinski definition) is 15. The number of fused-ring (bicyclic) bond motifs is 6. The zero-order valence-corrected chi connectivity index (χ0v) is 31.6. The average molecular weight is 817 g/mol. The van der Waals surface area contributed by atoms with E-state index in [1.807, 2.05) is 65.6 Å². The second-order valence-electron chi connectivity index (χ2n) is 14.6. The van der Waals surface area contributed by atoms with Gasteiger partial charge < -0.3 is 79.7 Å². The minimum atomic E-state index is -1.90. The van der Waals surface area contributed by atoms with E-state index >= 15 is 0 Å². The summed E-state index contributed by atoms with van der Waals surface area (Å²) in [6, 6.07) is 18.7. The molecule has 312 valence electrons. The monoisotopic (exact) mass is 816 g/mol. The highest BCUT2D eigenvalue weighted by Gasteiger charge is 2.52. The predicted octanol–water partition coefficient (Wildman–Crippen LogP) is 1.39. The van der Waals surface area contributed by atoms with Crippen LogP contribution in [0.5, 0.6) is 28.7 Å². The van der Waals surface area contributed by atoms with E-state index in [4.69, 9.17) is 49.7 Å². The number of rotatable bonds is 14. The summed E-state index contributed by atoms with van der Waals surface area (Å²) in [5, 5.41) is 52.7. The van der Waals surface area contributed by atoms with E-state index in [9.17, 15) is 30.0 Å². The third kappa shape index (κ3) is 7.74. The largest absolute Gasteiger partial charge is 0.490 e. The Morgan fingerprint density at radius 2 is 1.78 bits per heavy atom. The molecule has 1 fully saturated rings. The molecule has 0 saturated carbocycles. The number of nitrogens with two attached hydrogens (primary N) is 2. The van der Waals surface area contributed by atoms with Crippen molar-refractivity contribution in [2.75, 3.05) is 13.9 Å². The van der Waals surface area contributed by atoms with Gasteiger partial charge in [-0.15, -0.1) is 0 Å². The first-order chi connectivity index (χ1) is 28.4. The first kappa shape index (κ1) is 39.9. The van der Waals surface area contributed by atoms with Gasteiger partial charge in [-0.1, -0.05) is 36.4 Å². The molecule has 5 aromatic rings. The number of benzene rings is 3. The van der Waals surface area contributed by atoms with Crippen LogP contribution in [0.2, 0.25) is 0 Å². The third-order valence-corrected chi connectivity index (χ3v) is 10.8. The zero-order valence-electron chi connectivity index (χ0n) is 31.6. The summed E-state index contributed by atoms with van der Waals surface area (Å²) in [7, 11) is 1.49. The number of hydrogen-bond donors (Lipinski definition) is 8. The van der Waals surface area contributed by atoms with Crippen molar-refractivity contribution < 1.29 is 68.3 Å². The number of aliphatic hydroxyl groups is 4. The molecule has 18 nitrogen and oxygen atoms in total. The normalized spacial score (nSPS) is 24.9. The maximum atomic E-state index is 12.3. The molecular formula is C41H44N4O14. The van der Waals surface area contributed by atoms with E-state index in [1.165, 1.54) is 7.11 Å². The summed E-state index contributed by atoms with van der Waals surface area (Å²) in [6.07, 6.45) is -8.01. The Hall–Kier alpha value is -5.86. The van der Waals surface area contributed by atoms with Gasteiger partial charge in [0.2, 0.25) is 12.0 Å². The number of nitrogens with zero attached hydrogens (tertiary/aromatic N) is 1. The van der Waals surface area contributed by atoms with Crippen molar-refractivity contribution in [2.45, 2.75) is 80.5 Å². The van der Waals surface area contributed by atoms with E-state index in [0.717, 1.165) is 22.0 Å². The number of H-pyrrole nitrogens is 1. The van der Waals surface area contributed by atoms with Crippen molar-refractivity contribution in [3.05, 3.63) is 102 Å². The molecule has 2 aromatic heterocycles. The van der Waals surface area contributed by atoms with Gasteiger partial charge in [0.05, 0.1) is 24.7 Å². The number of aromatic nitrogens is 2. The minimum absolute atomic E-state index is 0.128. The quantitative estimate of drug-likeness (QED) is 0.0447. The number of methoxy groups -OCH3 is 1. The number of carbonyl (C=O) groups is 2. The molecule has 3 aliphatic heterocycles. The number of aliphatic carboxylic acids is 1. The lowest BCUT2D eigenvalue weighted by atomic mass is 9.80. The van der Waals surface area contributed by atoms with Gasteiger partial charge in [-0.05, 0) is 29.3 Å². The summed E-state index contributed by atoms with van der Waals surface area (Å²) in [5.74, 6) is -1.47. The average Bonchev–Trinajstić information content (AvgIpc) is 3.92. The van der Waals surface area contributed by atoms with Crippen molar-refractivity contribution in [3.8, 4) is 28.7 Å². The number of ether oxygens (including phenoxy) is 7. The number of carbonyl (C=O) groups excluding carboxylic acids is 1. The van der Waals surface area contributed by atoms with Gasteiger partial charge in [-0.25, -0.2) is 0 Å². The zero-order chi connectivity index (χ0) is 41.5. The molecule has 8 rings (SSSR count). The van der Waals surface area contributed by atoms with E-state index in [0.29, 0.717) is 40.5 Å². The second-order valence-corrected chi connectivity index (χ2v) is 14.6. The Kier molecular flexibility index (Phi) is 11.1. The van der Waals surface area contributed by atoms with E-state index in [2.05, 4.69) is 4.98 Å². The summed E-state index contributed by atoms with van der Waals surface area (Å²) in [4.78, 5) is 26.7. The fourth-order valence-electron chi connectivity index (χ4n) is 8.19. The van der Waals surface area contributed by atoms with Crippen LogP contribution in [-0.4, -0.2) is 110 Å². The predicted molar refractivity (Wildman–Crippen MR) is 205 cm³/mol. The third-order valence-electron chi connectivity index (χ3n) is 10.8. The van der Waals surface area contributed by atoms with Gasteiger partial charge in [0.1, 0.15) is 54.5 Å². The van der Waals surface area contributed by atoms with E-state index in [-0.39, 0.29) is 18.2 Å². The van der Waals surface area contributed by atoms with Gasteiger partial charge in [0.25, 0.3) is 0 Å². The van der Waals surface area contributed by atoms with Crippen molar-refractivity contribution in [1.82, 2.24) is 9.55 Å². The van der Waals surface area contributed by atoms with Gasteiger partial charge in [-0.2, -0.15) is 0 Å². The smallest absolute Gasteiger partial charge is 0.317 e. The highest BCUT2D eigenvalue weighted by atomic mass is 16.7. The SMILES string of the molecule is COc1c(OCO)ccc2c1OC1c3c(Cn4cc5cc[nH]c5c4)cc(OC4OC(C(OC(=O)CC(=O)O)C(N)N)C(O)C(O)C4O)cc3OC(Cc3ccccc3)C21. The number of esters is 1. The molecule has 0 radical (unpaired) electrons. The highest BCUT2D eigenvalue weighted by Crippen LogP contribution is 2.59. The maximum absolute atomic E-state index is 12.3. The molecule has 3 aromatic carbocycles. The van der Waals surface area contributed by atoms with E-state index < -0.39 is 80.3 Å². The first-order valence-electron chi connectivity index (χ1n) is 18.8. The molecule has 9 unspecified atom stereocenters. The molecule has 0 amide bonds. The molecule has 0 spiro atoms. The van der Waals surface area contributed by atoms with Gasteiger partial charge in [0.15, 0.2) is 24.4 Å². The van der Waals surface area contributed by atoms with Crippen LogP contribution in [-0.2, 0) is 32.0 Å². The molecule has 5 heterocycles. The summed E-state index contributed by atoms with van der Waals surface area (Å²) >= 11 is 0. The minimum Gasteiger partial charge on any atom is -0.490 e. The van der Waals surface area contributed by atoms with Crippen LogP contribution in [0.1, 0.15) is 40.7 Å². The summed E-state index contributed by atoms with van der Waals surface area (Å²) < 4.78 is 44.3. The number of aliphatic hydroxyl groups excluding tert-OH is 4. The molecule has 9 atom stereocenters. The van der Waals surface area contributed by atoms with Crippen LogP contribution in [0.25, 0.3) is 10.9 Å². The molecule has 59 heavy (non-hydrogen) atoms. The van der Waals surface area contributed by atoms with Crippen LogP contribution in [0.4, 0.5) is 0 Å². The number of carboxylic acids is 1. The Labute approximate surface area is 336 Å². The molecule has 18 heteroatoms. The van der Waals surface area contributed by atoms with Crippen LogP contribution in [0.3, 0.4) is 0 Å². The molecule has 3 aliphatic rings. The number of nitrogens with one attached hydrogen (secondary N) is 1. The summed E-state index contributed by atoms with van der Waals surface area (Å²) in [6.45, 7) is -0.288. The first-order valence-corrected chi connectivity index (χ1v) is 18.8. The Morgan fingerprint density at radius 1 is 0.983 bits per heavy atom. The van der Waals surface area contributed by atoms with Crippen LogP contribution >= 0.6 is 0 Å². The lowest BCUT2D eigenvalue weighted by Crippen LogP contribution is -2.66. The van der Waals surface area contributed by atoms with Crippen LogP contribution in [0, 0.1) is 0 Å². The van der Waals surface area contributed by atoms with Crippen molar-refractivity contribution >= 4 is 22.8 Å². The fourth-order valence-corrected chi connectivity index (χ4v) is 8.19. The Morgan fingerprint density at radius 3 is 2.49 bits per heavy atom. The van der Waals surface area contributed by atoms with Gasteiger partial charge >= 0.3 is 11.9 Å². The van der Waals surface area contributed by atoms with Crippen molar-refractivity contribution in [3.63, 3.8) is 0 Å². The van der Waals surface area contributed by atoms with Crippen molar-refractivity contribution in [1.29, 1.82) is 0 Å². The Balaban J connectivity index is 1.20. The van der Waals surface area contributed by atoms with Crippen LogP contribution in [0.15, 0.2) is 79.3 Å². The fraction of sp³-hybridized carbons (Fsp3) is 0.366. The number of aromatic amines is 1. The topological polar surface area (TPSA) is 273 Å². The molecular weight excluding hydrogens is 772 g/mol. The van der Waals surface area contributed by atoms with E-state index in [1.54, 1.807) is 18.2 Å². The molecule has 1 saturated heterocycles. The molecule has 0 bridgehead atoms. The number of carboxylic acid groups (broad SMARTS) is 1. The standard InChI is InChI=1S/C41H44N4O14/c1-53-36-25(54-18-46)8-7-23-31-26(11-19-5-3-2-4-6-19)56-27-13-22(12-21(30(27)37(31)58-35(23)36)16-45-15-20-9-10-44-24(20)17-45)55-41-34(52)32(50)33(51)38(59-41)39(40(42)43)57-29(49)14-28(47)48/h2-10,12-13,15,17,26,31-34,37-41,44,46,50-52H,11,14,16,18,42-43H2,1H3,(H,47,48). The van der Waals surface area contributed by atoms with Gasteiger partial charge in [-0.3, -0.25) is 9.59 Å². The Bertz CT molecular complexity index is 2290. The molecule has 10 N–H and O–H groups in total.